The first-order valence-electron chi connectivity index (χ1n) is 5.29. The van der Waals surface area contributed by atoms with Crippen molar-refractivity contribution in [1.82, 2.24) is 0 Å². The van der Waals surface area contributed by atoms with Crippen LogP contribution in [0.5, 0.6) is 0 Å². The predicted octanol–water partition coefficient (Wildman–Crippen LogP) is 3.91. The number of nitrogens with zero attached hydrogens (tertiary/aromatic N) is 1. The van der Waals surface area contributed by atoms with E-state index in [0.29, 0.717) is 4.86 Å². The lowest BCUT2D eigenvalue weighted by atomic mass is 9.99. The zero-order valence-corrected chi connectivity index (χ0v) is 9.93. The Labute approximate surface area is 105 Å². The van der Waals surface area contributed by atoms with Gasteiger partial charge in [0.25, 0.3) is 0 Å². The summed E-state index contributed by atoms with van der Waals surface area (Å²) in [5.74, 6) is 0. The second-order valence-electron chi connectivity index (χ2n) is 3.65. The number of benzene rings is 2. The maximum atomic E-state index is 11.0. The Morgan fingerprint density at radius 1 is 0.941 bits per heavy atom. The Balaban J connectivity index is 2.32. The standard InChI is InChI=1S/C14H11NOS/c16-15-13(11-7-3-1-4-8-11)14(17)12-9-5-2-6-10-12/h1-10,13H. The molecule has 2 rings (SSSR count). The first kappa shape index (κ1) is 11.6. The van der Waals surface area contributed by atoms with Gasteiger partial charge in [-0.25, -0.2) is 0 Å². The van der Waals surface area contributed by atoms with Crippen molar-refractivity contribution in [3.63, 3.8) is 0 Å². The molecule has 0 N–H and O–H groups in total. The van der Waals surface area contributed by atoms with Crippen LogP contribution >= 0.6 is 12.2 Å². The molecule has 0 amide bonds. The maximum absolute atomic E-state index is 11.0. The summed E-state index contributed by atoms with van der Waals surface area (Å²) in [6, 6.07) is 18.3. The quantitative estimate of drug-likeness (QED) is 0.461. The normalized spacial score (nSPS) is 11.8. The molecule has 3 heteroatoms. The highest BCUT2D eigenvalue weighted by Crippen LogP contribution is 2.22. The van der Waals surface area contributed by atoms with E-state index in [9.17, 15) is 4.91 Å². The zero-order valence-electron chi connectivity index (χ0n) is 9.11. The summed E-state index contributed by atoms with van der Waals surface area (Å²) in [6.07, 6.45) is 0. The highest BCUT2D eigenvalue weighted by Gasteiger charge is 2.18. The number of hydrogen-bond donors (Lipinski definition) is 0. The molecule has 0 aliphatic heterocycles. The highest BCUT2D eigenvalue weighted by molar-refractivity contribution is 7.81. The third-order valence-electron chi connectivity index (χ3n) is 2.53. The van der Waals surface area contributed by atoms with Gasteiger partial charge >= 0.3 is 0 Å². The fraction of sp³-hybridized carbons (Fsp3) is 0.0714. The molecule has 0 spiro atoms. The molecule has 1 unspecified atom stereocenters. The van der Waals surface area contributed by atoms with Crippen LogP contribution in [0.4, 0.5) is 0 Å². The Kier molecular flexibility index (Phi) is 3.73. The molecule has 2 aromatic rings. The van der Waals surface area contributed by atoms with Crippen LogP contribution in [0.3, 0.4) is 0 Å². The molecule has 0 radical (unpaired) electrons. The zero-order chi connectivity index (χ0) is 12.1. The molecule has 0 aliphatic rings. The number of hydrogen-bond acceptors (Lipinski definition) is 3. The van der Waals surface area contributed by atoms with Gasteiger partial charge in [-0.05, 0) is 11.1 Å². The van der Waals surface area contributed by atoms with Gasteiger partial charge < -0.3 is 0 Å². The van der Waals surface area contributed by atoms with Crippen LogP contribution in [0.15, 0.2) is 65.8 Å². The van der Waals surface area contributed by atoms with Crippen LogP contribution in [0.1, 0.15) is 17.2 Å². The number of rotatable bonds is 4. The van der Waals surface area contributed by atoms with Gasteiger partial charge in [-0.2, -0.15) is 0 Å². The molecule has 0 saturated heterocycles. The topological polar surface area (TPSA) is 29.4 Å². The van der Waals surface area contributed by atoms with E-state index in [2.05, 4.69) is 5.18 Å². The average Bonchev–Trinajstić information content (AvgIpc) is 2.42. The monoisotopic (exact) mass is 241 g/mol. The fourth-order valence-corrected chi connectivity index (χ4v) is 1.97. The van der Waals surface area contributed by atoms with Crippen molar-refractivity contribution in [2.24, 2.45) is 5.18 Å². The number of nitroso groups, excluding NO2 is 1. The lowest BCUT2D eigenvalue weighted by Gasteiger charge is -2.11. The van der Waals surface area contributed by atoms with E-state index in [4.69, 9.17) is 12.2 Å². The van der Waals surface area contributed by atoms with Crippen molar-refractivity contribution in [2.75, 3.05) is 0 Å². The Morgan fingerprint density at radius 2 is 1.47 bits per heavy atom. The van der Waals surface area contributed by atoms with Gasteiger partial charge in [0.05, 0.1) is 4.86 Å². The van der Waals surface area contributed by atoms with E-state index in [1.807, 2.05) is 60.7 Å². The Bertz CT molecular complexity index is 510. The van der Waals surface area contributed by atoms with Crippen molar-refractivity contribution in [1.29, 1.82) is 0 Å². The van der Waals surface area contributed by atoms with Gasteiger partial charge in [0, 0.05) is 0 Å². The van der Waals surface area contributed by atoms with Crippen LogP contribution in [0, 0.1) is 4.91 Å². The Hall–Kier alpha value is -1.87. The third kappa shape index (κ3) is 2.63. The summed E-state index contributed by atoms with van der Waals surface area (Å²) < 4.78 is 0. The molecule has 0 aliphatic carbocycles. The molecule has 2 aromatic carbocycles. The molecule has 17 heavy (non-hydrogen) atoms. The van der Waals surface area contributed by atoms with Gasteiger partial charge in [-0.15, -0.1) is 4.91 Å². The lowest BCUT2D eigenvalue weighted by Crippen LogP contribution is -2.08. The van der Waals surface area contributed by atoms with E-state index in [0.717, 1.165) is 11.1 Å². The van der Waals surface area contributed by atoms with Gasteiger partial charge in [0.1, 0.15) is 0 Å². The maximum Gasteiger partial charge on any atom is 0.152 e. The van der Waals surface area contributed by atoms with Crippen molar-refractivity contribution in [2.45, 2.75) is 6.04 Å². The molecule has 0 fully saturated rings. The molecule has 0 saturated carbocycles. The van der Waals surface area contributed by atoms with Crippen LogP contribution in [-0.2, 0) is 0 Å². The largest absolute Gasteiger partial charge is 0.152 e. The summed E-state index contributed by atoms with van der Waals surface area (Å²) in [5, 5.41) is 3.14. The average molecular weight is 241 g/mol. The summed E-state index contributed by atoms with van der Waals surface area (Å²) in [7, 11) is 0. The lowest BCUT2D eigenvalue weighted by molar-refractivity contribution is 0.965. The number of thiocarbonyl (C=S) groups is 1. The highest BCUT2D eigenvalue weighted by atomic mass is 32.1. The first-order chi connectivity index (χ1) is 8.33. The first-order valence-corrected chi connectivity index (χ1v) is 5.70. The van der Waals surface area contributed by atoms with Crippen molar-refractivity contribution in [3.8, 4) is 0 Å². The molecular weight excluding hydrogens is 230 g/mol. The predicted molar refractivity (Wildman–Crippen MR) is 73.1 cm³/mol. The van der Waals surface area contributed by atoms with E-state index < -0.39 is 6.04 Å². The van der Waals surface area contributed by atoms with Gasteiger partial charge in [-0.1, -0.05) is 78.1 Å². The van der Waals surface area contributed by atoms with Crippen LogP contribution < -0.4 is 0 Å². The molecule has 2 nitrogen and oxygen atoms in total. The van der Waals surface area contributed by atoms with Gasteiger partial charge in [-0.3, -0.25) is 0 Å². The second kappa shape index (κ2) is 5.46. The van der Waals surface area contributed by atoms with E-state index in [1.54, 1.807) is 0 Å². The fourth-order valence-electron chi connectivity index (χ4n) is 1.66. The van der Waals surface area contributed by atoms with Crippen LogP contribution in [0.25, 0.3) is 0 Å². The summed E-state index contributed by atoms with van der Waals surface area (Å²) in [5.41, 5.74) is 1.70. The molecule has 0 aromatic heterocycles. The van der Waals surface area contributed by atoms with Crippen molar-refractivity contribution in [3.05, 3.63) is 76.7 Å². The molecule has 0 heterocycles. The van der Waals surface area contributed by atoms with Crippen LogP contribution in [0.2, 0.25) is 0 Å². The molecule has 0 bridgehead atoms. The third-order valence-corrected chi connectivity index (χ3v) is 2.99. The molecular formula is C14H11NOS. The van der Waals surface area contributed by atoms with Crippen molar-refractivity contribution >= 4 is 17.1 Å². The minimum Gasteiger partial charge on any atom is -0.150 e. The van der Waals surface area contributed by atoms with Gasteiger partial charge in [0.15, 0.2) is 6.04 Å². The van der Waals surface area contributed by atoms with Crippen LogP contribution in [-0.4, -0.2) is 4.86 Å². The summed E-state index contributed by atoms with van der Waals surface area (Å²) in [6.45, 7) is 0. The summed E-state index contributed by atoms with van der Waals surface area (Å²) in [4.78, 5) is 11.5. The SMILES string of the molecule is O=NC(C(=S)c1ccccc1)c1ccccc1. The van der Waals surface area contributed by atoms with Crippen molar-refractivity contribution < 1.29 is 0 Å². The Morgan fingerprint density at radius 3 is 2.00 bits per heavy atom. The molecule has 1 atom stereocenters. The molecule has 84 valence electrons. The van der Waals surface area contributed by atoms with Gasteiger partial charge in [0.2, 0.25) is 0 Å². The minimum absolute atomic E-state index is 0.562. The van der Waals surface area contributed by atoms with E-state index >= 15 is 0 Å². The summed E-state index contributed by atoms with van der Waals surface area (Å²) >= 11 is 5.33. The minimum atomic E-state index is -0.589. The van der Waals surface area contributed by atoms with E-state index in [-0.39, 0.29) is 0 Å². The smallest absolute Gasteiger partial charge is 0.150 e. The van der Waals surface area contributed by atoms with E-state index in [1.165, 1.54) is 0 Å². The second-order valence-corrected chi connectivity index (χ2v) is 4.09.